The molecule has 0 aromatic rings. The Morgan fingerprint density at radius 3 is 2.70 bits per heavy atom. The Hall–Kier alpha value is -0.120. The summed E-state index contributed by atoms with van der Waals surface area (Å²) in [6, 6.07) is 0.454. The van der Waals surface area contributed by atoms with E-state index in [-0.39, 0.29) is 0 Å². The van der Waals surface area contributed by atoms with E-state index in [1.807, 2.05) is 7.05 Å². The van der Waals surface area contributed by atoms with Crippen LogP contribution in [0.4, 0.5) is 0 Å². The fourth-order valence-corrected chi connectivity index (χ4v) is 0.854. The Bertz CT molecular complexity index is 64.6. The molecule has 3 N–H and O–H groups in total. The lowest BCUT2D eigenvalue weighted by molar-refractivity contribution is 0.189. The van der Waals surface area contributed by atoms with Gasteiger partial charge in [0, 0.05) is 26.3 Å². The highest BCUT2D eigenvalue weighted by Gasteiger charge is 2.00. The molecule has 0 aromatic carbocycles. The van der Waals surface area contributed by atoms with Crippen LogP contribution in [0.1, 0.15) is 12.8 Å². The van der Waals surface area contributed by atoms with Crippen LogP contribution in [0, 0.1) is 0 Å². The second-order valence-corrected chi connectivity index (χ2v) is 2.36. The summed E-state index contributed by atoms with van der Waals surface area (Å²) in [5, 5.41) is 3.13. The minimum Gasteiger partial charge on any atom is -0.385 e. The zero-order valence-electron chi connectivity index (χ0n) is 6.89. The molecule has 0 radical (unpaired) electrons. The Morgan fingerprint density at radius 2 is 2.30 bits per heavy atom. The van der Waals surface area contributed by atoms with Crippen molar-refractivity contribution in [3.05, 3.63) is 0 Å². The van der Waals surface area contributed by atoms with Gasteiger partial charge in [0.25, 0.3) is 0 Å². The van der Waals surface area contributed by atoms with Gasteiger partial charge in [-0.05, 0) is 19.9 Å². The molecule has 62 valence electrons. The van der Waals surface area contributed by atoms with E-state index in [1.54, 1.807) is 7.11 Å². The van der Waals surface area contributed by atoms with E-state index in [4.69, 9.17) is 10.5 Å². The topological polar surface area (TPSA) is 47.3 Å². The van der Waals surface area contributed by atoms with Crippen molar-refractivity contribution < 1.29 is 4.74 Å². The molecule has 0 saturated carbocycles. The fraction of sp³-hybridized carbons (Fsp3) is 1.00. The van der Waals surface area contributed by atoms with Gasteiger partial charge in [-0.15, -0.1) is 0 Å². The Morgan fingerprint density at radius 1 is 1.60 bits per heavy atom. The summed E-state index contributed by atoms with van der Waals surface area (Å²) >= 11 is 0. The first-order valence-electron chi connectivity index (χ1n) is 3.71. The molecule has 0 heterocycles. The van der Waals surface area contributed by atoms with Gasteiger partial charge >= 0.3 is 0 Å². The lowest BCUT2D eigenvalue weighted by Gasteiger charge is -2.12. The number of hydrogen-bond donors (Lipinski definition) is 2. The number of nitrogens with one attached hydrogen (secondary N) is 1. The maximum absolute atomic E-state index is 5.46. The average Bonchev–Trinajstić information content (AvgIpc) is 1.99. The fourth-order valence-electron chi connectivity index (χ4n) is 0.854. The highest BCUT2D eigenvalue weighted by Crippen LogP contribution is 1.94. The summed E-state index contributed by atoms with van der Waals surface area (Å²) in [7, 11) is 3.65. The molecule has 0 amide bonds. The van der Waals surface area contributed by atoms with Gasteiger partial charge in [0.05, 0.1) is 0 Å². The lowest BCUT2D eigenvalue weighted by atomic mass is 10.2. The van der Waals surface area contributed by atoms with Crippen LogP contribution < -0.4 is 11.1 Å². The lowest BCUT2D eigenvalue weighted by Crippen LogP contribution is -2.33. The van der Waals surface area contributed by atoms with Crippen molar-refractivity contribution in [3.8, 4) is 0 Å². The summed E-state index contributed by atoms with van der Waals surface area (Å²) in [4.78, 5) is 0. The normalized spacial score (nSPS) is 13.5. The molecule has 0 aliphatic heterocycles. The molecule has 10 heavy (non-hydrogen) atoms. The van der Waals surface area contributed by atoms with Crippen molar-refractivity contribution >= 4 is 0 Å². The third-order valence-electron chi connectivity index (χ3n) is 1.59. The van der Waals surface area contributed by atoms with E-state index in [9.17, 15) is 0 Å². The van der Waals surface area contributed by atoms with Crippen LogP contribution in [-0.4, -0.2) is 33.4 Å². The second-order valence-electron chi connectivity index (χ2n) is 2.36. The minimum absolute atomic E-state index is 0.454. The van der Waals surface area contributed by atoms with Gasteiger partial charge in [0.1, 0.15) is 0 Å². The van der Waals surface area contributed by atoms with Crippen molar-refractivity contribution in [2.45, 2.75) is 18.9 Å². The van der Waals surface area contributed by atoms with Gasteiger partial charge in [-0.3, -0.25) is 0 Å². The monoisotopic (exact) mass is 146 g/mol. The summed E-state index contributed by atoms with van der Waals surface area (Å²) in [6.07, 6.45) is 2.18. The maximum Gasteiger partial charge on any atom is 0.0462 e. The van der Waals surface area contributed by atoms with E-state index >= 15 is 0 Å². The van der Waals surface area contributed by atoms with Crippen LogP contribution in [0.2, 0.25) is 0 Å². The first-order chi connectivity index (χ1) is 4.85. The largest absolute Gasteiger partial charge is 0.385 e. The molecule has 3 heteroatoms. The van der Waals surface area contributed by atoms with Crippen molar-refractivity contribution in [1.82, 2.24) is 5.32 Å². The first kappa shape index (κ1) is 9.88. The summed E-state index contributed by atoms with van der Waals surface area (Å²) < 4.78 is 4.91. The van der Waals surface area contributed by atoms with Gasteiger partial charge < -0.3 is 15.8 Å². The molecule has 0 aliphatic carbocycles. The zero-order valence-corrected chi connectivity index (χ0v) is 6.89. The molecule has 0 fully saturated rings. The number of ether oxygens (including phenoxy) is 1. The van der Waals surface area contributed by atoms with Crippen LogP contribution in [0.15, 0.2) is 0 Å². The molecular formula is C7H18N2O. The Labute approximate surface area is 62.9 Å². The molecule has 0 aliphatic rings. The van der Waals surface area contributed by atoms with Gasteiger partial charge in [0.2, 0.25) is 0 Å². The number of methoxy groups -OCH3 is 1. The highest BCUT2D eigenvalue weighted by molar-refractivity contribution is 4.63. The van der Waals surface area contributed by atoms with E-state index < -0.39 is 0 Å². The molecular weight excluding hydrogens is 128 g/mol. The van der Waals surface area contributed by atoms with Gasteiger partial charge in [-0.2, -0.15) is 0 Å². The molecule has 0 aromatic heterocycles. The summed E-state index contributed by atoms with van der Waals surface area (Å²) in [5.74, 6) is 0. The van der Waals surface area contributed by atoms with Crippen LogP contribution in [0.5, 0.6) is 0 Å². The zero-order chi connectivity index (χ0) is 7.82. The smallest absolute Gasteiger partial charge is 0.0462 e. The van der Waals surface area contributed by atoms with E-state index in [1.165, 1.54) is 0 Å². The van der Waals surface area contributed by atoms with Crippen molar-refractivity contribution in [2.75, 3.05) is 27.3 Å². The van der Waals surface area contributed by atoms with Crippen LogP contribution in [-0.2, 0) is 4.74 Å². The first-order valence-corrected chi connectivity index (χ1v) is 3.71. The SMILES string of the molecule is CNC(CN)CCCOC. The van der Waals surface area contributed by atoms with Gasteiger partial charge in [0.15, 0.2) is 0 Å². The predicted molar refractivity (Wildman–Crippen MR) is 43.0 cm³/mol. The molecule has 0 spiro atoms. The molecule has 1 unspecified atom stereocenters. The molecule has 0 rings (SSSR count). The van der Waals surface area contributed by atoms with Crippen LogP contribution in [0.25, 0.3) is 0 Å². The van der Waals surface area contributed by atoms with E-state index in [0.29, 0.717) is 12.6 Å². The molecule has 3 nitrogen and oxygen atoms in total. The van der Waals surface area contributed by atoms with Crippen LogP contribution >= 0.6 is 0 Å². The van der Waals surface area contributed by atoms with Gasteiger partial charge in [-0.25, -0.2) is 0 Å². The Balaban J connectivity index is 3.09. The molecule has 0 saturated heterocycles. The number of nitrogens with two attached hydrogens (primary N) is 1. The predicted octanol–water partition coefficient (Wildman–Crippen LogP) is -0.0403. The summed E-state index contributed by atoms with van der Waals surface area (Å²) in [6.45, 7) is 1.54. The number of likely N-dealkylation sites (N-methyl/N-ethyl adjacent to an activating group) is 1. The third kappa shape index (κ3) is 4.73. The van der Waals surface area contributed by atoms with Crippen LogP contribution in [0.3, 0.4) is 0 Å². The Kier molecular flexibility index (Phi) is 6.91. The van der Waals surface area contributed by atoms with E-state index in [2.05, 4.69) is 5.32 Å². The highest BCUT2D eigenvalue weighted by atomic mass is 16.5. The second kappa shape index (κ2) is 6.99. The van der Waals surface area contributed by atoms with Crippen molar-refractivity contribution in [1.29, 1.82) is 0 Å². The van der Waals surface area contributed by atoms with Crippen molar-refractivity contribution in [2.24, 2.45) is 5.73 Å². The standard InChI is InChI=1S/C7H18N2O/c1-9-7(6-8)4-3-5-10-2/h7,9H,3-6,8H2,1-2H3. The summed E-state index contributed by atoms with van der Waals surface area (Å²) in [5.41, 5.74) is 5.46. The minimum atomic E-state index is 0.454. The number of rotatable bonds is 6. The number of hydrogen-bond acceptors (Lipinski definition) is 3. The van der Waals surface area contributed by atoms with Crippen molar-refractivity contribution in [3.63, 3.8) is 0 Å². The van der Waals surface area contributed by atoms with E-state index in [0.717, 1.165) is 19.4 Å². The molecule has 0 bridgehead atoms. The average molecular weight is 146 g/mol. The molecule has 1 atom stereocenters. The maximum atomic E-state index is 5.46. The quantitative estimate of drug-likeness (QED) is 0.517. The third-order valence-corrected chi connectivity index (χ3v) is 1.59. The van der Waals surface area contributed by atoms with Gasteiger partial charge in [-0.1, -0.05) is 0 Å².